The molecular weight excluding hydrogens is 328 g/mol. The normalized spacial score (nSPS) is 17.6. The first kappa shape index (κ1) is 19.6. The summed E-state index contributed by atoms with van der Waals surface area (Å²) in [4.78, 5) is 12.3. The molecule has 0 atom stereocenters. The number of rotatable bonds is 2. The van der Waals surface area contributed by atoms with Crippen molar-refractivity contribution in [1.82, 2.24) is 0 Å². The molecule has 0 radical (unpaired) electrons. The fourth-order valence-electron chi connectivity index (χ4n) is 3.39. The molecule has 0 N–H and O–H groups in total. The summed E-state index contributed by atoms with van der Waals surface area (Å²) >= 11 is 0. The summed E-state index contributed by atoms with van der Waals surface area (Å²) in [6.07, 6.45) is 0.875. The zero-order chi connectivity index (χ0) is 19.0. The van der Waals surface area contributed by atoms with Crippen molar-refractivity contribution < 1.29 is 14.3 Å². The molecule has 1 heterocycles. The lowest BCUT2D eigenvalue weighted by Gasteiger charge is -2.43. The Labute approximate surface area is 153 Å². The van der Waals surface area contributed by atoms with Gasteiger partial charge in [0.05, 0.1) is 17.7 Å². The lowest BCUT2D eigenvalue weighted by Crippen LogP contribution is -2.41. The van der Waals surface area contributed by atoms with Crippen molar-refractivity contribution >= 4 is 14.0 Å². The molecule has 1 aliphatic rings. The van der Waals surface area contributed by atoms with Crippen LogP contribution in [0.2, 0.25) is 19.6 Å². The van der Waals surface area contributed by atoms with Gasteiger partial charge in [0.2, 0.25) is 0 Å². The van der Waals surface area contributed by atoms with E-state index < -0.39 is 8.07 Å². The third-order valence-corrected chi connectivity index (χ3v) is 5.02. The number of esters is 1. The number of hydrogen-bond donors (Lipinski definition) is 0. The van der Waals surface area contributed by atoms with Gasteiger partial charge >= 0.3 is 5.97 Å². The van der Waals surface area contributed by atoms with Gasteiger partial charge in [-0.1, -0.05) is 39.4 Å². The molecular formula is C21H30O3Si. The Morgan fingerprint density at radius 2 is 1.88 bits per heavy atom. The highest BCUT2D eigenvalue weighted by Gasteiger charge is 2.40. The molecule has 0 unspecified atom stereocenters. The first-order valence-corrected chi connectivity index (χ1v) is 12.4. The molecule has 0 bridgehead atoms. The molecule has 1 aliphatic heterocycles. The summed E-state index contributed by atoms with van der Waals surface area (Å²) in [6, 6.07) is 3.74. The Balaban J connectivity index is 2.69. The topological polar surface area (TPSA) is 35.5 Å². The van der Waals surface area contributed by atoms with E-state index in [2.05, 4.69) is 58.8 Å². The summed E-state index contributed by atoms with van der Waals surface area (Å²) in [5.41, 5.74) is 5.42. The van der Waals surface area contributed by atoms with E-state index in [-0.39, 0.29) is 17.0 Å². The van der Waals surface area contributed by atoms with Crippen LogP contribution in [0.1, 0.15) is 62.5 Å². The zero-order valence-corrected chi connectivity index (χ0v) is 17.8. The summed E-state index contributed by atoms with van der Waals surface area (Å²) in [5.74, 6) is 3.82. The summed E-state index contributed by atoms with van der Waals surface area (Å²) in [7, 11) is -1.55. The third kappa shape index (κ3) is 4.67. The number of carbonyl (C=O) groups excluding carboxylic acids is 1. The van der Waals surface area contributed by atoms with Crippen molar-refractivity contribution in [3.8, 4) is 17.2 Å². The van der Waals surface area contributed by atoms with E-state index in [9.17, 15) is 4.79 Å². The molecule has 0 fully saturated rings. The molecule has 2 rings (SSSR count). The fraction of sp³-hybridized carbons (Fsp3) is 0.571. The standard InChI is InChI=1S/C21H30O3Si/c1-9-23-19(22)16-12-15(10-11-25(6,7)8)18-17(13-16)20(2,3)14-21(4,5)24-18/h12-13H,9,14H2,1-8H3. The fourth-order valence-corrected chi connectivity index (χ4v) is 3.90. The molecule has 4 heteroatoms. The first-order chi connectivity index (χ1) is 11.3. The van der Waals surface area contributed by atoms with Crippen LogP contribution < -0.4 is 4.74 Å². The van der Waals surface area contributed by atoms with E-state index in [4.69, 9.17) is 9.47 Å². The van der Waals surface area contributed by atoms with Crippen LogP contribution in [0.4, 0.5) is 0 Å². The second kappa shape index (κ2) is 6.53. The highest BCUT2D eigenvalue weighted by molar-refractivity contribution is 6.83. The van der Waals surface area contributed by atoms with E-state index in [0.717, 1.165) is 23.3 Å². The lowest BCUT2D eigenvalue weighted by molar-refractivity contribution is 0.0508. The van der Waals surface area contributed by atoms with Crippen LogP contribution >= 0.6 is 0 Å². The molecule has 0 saturated carbocycles. The number of fused-ring (bicyclic) bond motifs is 1. The van der Waals surface area contributed by atoms with Gasteiger partial charge in [-0.3, -0.25) is 0 Å². The molecule has 0 aromatic heterocycles. The van der Waals surface area contributed by atoms with Crippen LogP contribution in [-0.2, 0) is 10.2 Å². The zero-order valence-electron chi connectivity index (χ0n) is 16.8. The molecule has 1 aromatic rings. The van der Waals surface area contributed by atoms with Crippen molar-refractivity contribution in [3.63, 3.8) is 0 Å². The van der Waals surface area contributed by atoms with Gasteiger partial charge in [-0.2, -0.15) is 0 Å². The molecule has 25 heavy (non-hydrogen) atoms. The molecule has 1 aromatic carbocycles. The van der Waals surface area contributed by atoms with Crippen LogP contribution in [0, 0.1) is 11.5 Å². The van der Waals surface area contributed by atoms with E-state index in [1.165, 1.54) is 0 Å². The Morgan fingerprint density at radius 3 is 2.44 bits per heavy atom. The smallest absolute Gasteiger partial charge is 0.338 e. The summed E-state index contributed by atoms with van der Waals surface area (Å²) in [6.45, 7) is 17.4. The van der Waals surface area contributed by atoms with Crippen LogP contribution in [-0.4, -0.2) is 26.3 Å². The highest BCUT2D eigenvalue weighted by Crippen LogP contribution is 2.46. The van der Waals surface area contributed by atoms with Gasteiger partial charge in [-0.05, 0) is 44.7 Å². The lowest BCUT2D eigenvalue weighted by atomic mass is 9.72. The van der Waals surface area contributed by atoms with Crippen molar-refractivity contribution in [2.45, 2.75) is 71.7 Å². The van der Waals surface area contributed by atoms with Gasteiger partial charge in [0.15, 0.2) is 0 Å². The van der Waals surface area contributed by atoms with Gasteiger partial charge in [0.25, 0.3) is 0 Å². The molecule has 0 aliphatic carbocycles. The van der Waals surface area contributed by atoms with E-state index >= 15 is 0 Å². The highest BCUT2D eigenvalue weighted by atomic mass is 28.3. The number of benzene rings is 1. The monoisotopic (exact) mass is 358 g/mol. The van der Waals surface area contributed by atoms with Gasteiger partial charge in [0, 0.05) is 5.56 Å². The van der Waals surface area contributed by atoms with Crippen molar-refractivity contribution in [1.29, 1.82) is 0 Å². The maximum atomic E-state index is 12.3. The molecule has 0 spiro atoms. The Morgan fingerprint density at radius 1 is 1.24 bits per heavy atom. The average Bonchev–Trinajstić information content (AvgIpc) is 2.42. The Hall–Kier alpha value is -1.73. The summed E-state index contributed by atoms with van der Waals surface area (Å²) < 4.78 is 11.5. The quantitative estimate of drug-likeness (QED) is 0.427. The molecule has 136 valence electrons. The van der Waals surface area contributed by atoms with Gasteiger partial charge in [-0.25, -0.2) is 4.79 Å². The largest absolute Gasteiger partial charge is 0.486 e. The number of carbonyl (C=O) groups is 1. The minimum atomic E-state index is -1.55. The van der Waals surface area contributed by atoms with Crippen molar-refractivity contribution in [3.05, 3.63) is 28.8 Å². The predicted octanol–water partition coefficient (Wildman–Crippen LogP) is 4.93. The molecule has 3 nitrogen and oxygen atoms in total. The second-order valence-electron chi connectivity index (χ2n) is 9.04. The maximum Gasteiger partial charge on any atom is 0.338 e. The van der Waals surface area contributed by atoms with Crippen LogP contribution in [0.5, 0.6) is 5.75 Å². The van der Waals surface area contributed by atoms with Crippen LogP contribution in [0.15, 0.2) is 12.1 Å². The van der Waals surface area contributed by atoms with Crippen molar-refractivity contribution in [2.75, 3.05) is 6.61 Å². The van der Waals surface area contributed by atoms with E-state index in [0.29, 0.717) is 12.2 Å². The van der Waals surface area contributed by atoms with E-state index in [1.54, 1.807) is 0 Å². The van der Waals surface area contributed by atoms with Crippen LogP contribution in [0.3, 0.4) is 0 Å². The Kier molecular flexibility index (Phi) is 5.12. The van der Waals surface area contributed by atoms with Crippen molar-refractivity contribution in [2.24, 2.45) is 0 Å². The van der Waals surface area contributed by atoms with Gasteiger partial charge < -0.3 is 9.47 Å². The van der Waals surface area contributed by atoms with Gasteiger partial charge in [0.1, 0.15) is 19.4 Å². The third-order valence-electron chi connectivity index (χ3n) is 4.15. The molecule has 0 amide bonds. The number of ether oxygens (including phenoxy) is 2. The number of hydrogen-bond acceptors (Lipinski definition) is 3. The minimum Gasteiger partial charge on any atom is -0.486 e. The van der Waals surface area contributed by atoms with Crippen LogP contribution in [0.25, 0.3) is 0 Å². The second-order valence-corrected chi connectivity index (χ2v) is 13.8. The molecule has 0 saturated heterocycles. The predicted molar refractivity (Wildman–Crippen MR) is 105 cm³/mol. The van der Waals surface area contributed by atoms with Gasteiger partial charge in [-0.15, -0.1) is 5.54 Å². The van der Waals surface area contributed by atoms with E-state index in [1.807, 2.05) is 19.1 Å². The first-order valence-electron chi connectivity index (χ1n) is 8.92. The maximum absolute atomic E-state index is 12.3. The summed E-state index contributed by atoms with van der Waals surface area (Å²) in [5, 5.41) is 0. The minimum absolute atomic E-state index is 0.102. The average molecular weight is 359 g/mol. The SMILES string of the molecule is CCOC(=O)c1cc(C#C[Si](C)(C)C)c2c(c1)C(C)(C)CC(C)(C)O2. The Bertz CT molecular complexity index is 743.